The number of fused-ring (bicyclic) bond motifs is 2. The number of hydrogen-bond donors (Lipinski definition) is 2. The minimum absolute atomic E-state index is 0.0189. The Balaban J connectivity index is 1.98. The normalized spacial score (nSPS) is 36.4. The highest BCUT2D eigenvalue weighted by molar-refractivity contribution is 5.79. The van der Waals surface area contributed by atoms with Crippen LogP contribution in [-0.4, -0.2) is 16.6 Å². The first kappa shape index (κ1) is 12.4. The fourth-order valence-corrected chi connectivity index (χ4v) is 3.74. The van der Waals surface area contributed by atoms with Gasteiger partial charge in [0.1, 0.15) is 5.54 Å². The minimum Gasteiger partial charge on any atom is -0.480 e. The Bertz CT molecular complexity index is 566. The number of carbonyl (C=O) groups is 1. The average molecular weight is 257 g/mol. The summed E-state index contributed by atoms with van der Waals surface area (Å²) >= 11 is 0. The van der Waals surface area contributed by atoms with Crippen molar-refractivity contribution in [2.45, 2.75) is 37.1 Å². The third kappa shape index (κ3) is 1.65. The molecule has 1 aromatic carbocycles. The molecule has 0 radical (unpaired) electrons. The standard InChI is InChI=1S/C16H19NO2/c1-11-10-16(17,14(18)19)9-8-15(11)7-6-12-4-2-3-5-13(12)15/h2-7,11H,8-10,17H2,1H3,(H,18,19). The molecule has 0 aliphatic heterocycles. The summed E-state index contributed by atoms with van der Waals surface area (Å²) in [5.41, 5.74) is 7.55. The minimum atomic E-state index is -1.06. The Hall–Kier alpha value is -1.61. The first-order chi connectivity index (χ1) is 8.98. The van der Waals surface area contributed by atoms with Crippen molar-refractivity contribution >= 4 is 12.0 Å². The molecule has 1 saturated carbocycles. The first-order valence-corrected chi connectivity index (χ1v) is 6.79. The molecule has 0 heterocycles. The number of carboxylic acid groups (broad SMARTS) is 1. The SMILES string of the molecule is CC1CC(N)(C(=O)O)CCC12C=Cc1ccccc12. The van der Waals surface area contributed by atoms with Crippen molar-refractivity contribution < 1.29 is 9.90 Å². The van der Waals surface area contributed by atoms with Gasteiger partial charge in [-0.15, -0.1) is 0 Å². The van der Waals surface area contributed by atoms with Crippen LogP contribution in [0.4, 0.5) is 0 Å². The zero-order chi connectivity index (χ0) is 13.7. The Morgan fingerprint density at radius 1 is 1.37 bits per heavy atom. The van der Waals surface area contributed by atoms with E-state index in [1.54, 1.807) is 0 Å². The number of rotatable bonds is 1. The van der Waals surface area contributed by atoms with E-state index in [1.807, 2.05) is 6.07 Å². The van der Waals surface area contributed by atoms with Crippen molar-refractivity contribution in [2.75, 3.05) is 0 Å². The van der Waals surface area contributed by atoms with Crippen LogP contribution in [0.2, 0.25) is 0 Å². The monoisotopic (exact) mass is 257 g/mol. The second-order valence-corrected chi connectivity index (χ2v) is 6.03. The fraction of sp³-hybridized carbons (Fsp3) is 0.438. The van der Waals surface area contributed by atoms with Gasteiger partial charge in [0, 0.05) is 5.41 Å². The van der Waals surface area contributed by atoms with Gasteiger partial charge in [-0.05, 0) is 36.3 Å². The van der Waals surface area contributed by atoms with Crippen molar-refractivity contribution in [3.63, 3.8) is 0 Å². The van der Waals surface area contributed by atoms with Crippen LogP contribution in [0.5, 0.6) is 0 Å². The smallest absolute Gasteiger partial charge is 0.323 e. The fourth-order valence-electron chi connectivity index (χ4n) is 3.74. The number of allylic oxidation sites excluding steroid dienone is 1. The highest BCUT2D eigenvalue weighted by Crippen LogP contribution is 2.51. The molecule has 0 saturated heterocycles. The highest BCUT2D eigenvalue weighted by atomic mass is 16.4. The molecule has 1 spiro atoms. The quantitative estimate of drug-likeness (QED) is 0.812. The van der Waals surface area contributed by atoms with E-state index in [4.69, 9.17) is 5.73 Å². The van der Waals surface area contributed by atoms with Crippen LogP contribution in [0.15, 0.2) is 30.3 Å². The van der Waals surface area contributed by atoms with Gasteiger partial charge in [-0.25, -0.2) is 0 Å². The summed E-state index contributed by atoms with van der Waals surface area (Å²) in [6, 6.07) is 8.38. The summed E-state index contributed by atoms with van der Waals surface area (Å²) in [5.74, 6) is -0.633. The van der Waals surface area contributed by atoms with Crippen LogP contribution in [-0.2, 0) is 10.2 Å². The molecule has 2 aliphatic rings. The summed E-state index contributed by atoms with van der Waals surface area (Å²) in [6.07, 6.45) is 6.29. The van der Waals surface area contributed by atoms with Gasteiger partial charge in [-0.3, -0.25) is 4.79 Å². The predicted octanol–water partition coefficient (Wildman–Crippen LogP) is 2.55. The van der Waals surface area contributed by atoms with Crippen molar-refractivity contribution in [2.24, 2.45) is 11.7 Å². The van der Waals surface area contributed by atoms with E-state index in [0.717, 1.165) is 6.42 Å². The van der Waals surface area contributed by atoms with E-state index in [2.05, 4.69) is 37.3 Å². The molecular formula is C16H19NO2. The summed E-state index contributed by atoms with van der Waals surface area (Å²) in [4.78, 5) is 11.3. The molecule has 3 unspecified atom stereocenters. The Morgan fingerprint density at radius 2 is 2.11 bits per heavy atom. The van der Waals surface area contributed by atoms with Gasteiger partial charge in [0.2, 0.25) is 0 Å². The number of nitrogens with two attached hydrogens (primary N) is 1. The number of benzene rings is 1. The Labute approximate surface area is 113 Å². The maximum absolute atomic E-state index is 11.3. The van der Waals surface area contributed by atoms with Crippen LogP contribution < -0.4 is 5.73 Å². The van der Waals surface area contributed by atoms with Crippen LogP contribution in [0, 0.1) is 5.92 Å². The first-order valence-electron chi connectivity index (χ1n) is 6.79. The third-order valence-electron chi connectivity index (χ3n) is 4.98. The maximum Gasteiger partial charge on any atom is 0.323 e. The largest absolute Gasteiger partial charge is 0.480 e. The van der Waals surface area contributed by atoms with Gasteiger partial charge < -0.3 is 10.8 Å². The summed E-state index contributed by atoms with van der Waals surface area (Å²) in [7, 11) is 0. The molecule has 3 rings (SSSR count). The molecule has 3 N–H and O–H groups in total. The zero-order valence-corrected chi connectivity index (χ0v) is 11.1. The van der Waals surface area contributed by atoms with Gasteiger partial charge in [-0.2, -0.15) is 0 Å². The summed E-state index contributed by atoms with van der Waals surface area (Å²) in [6.45, 7) is 2.12. The van der Waals surface area contributed by atoms with Crippen LogP contribution in [0.3, 0.4) is 0 Å². The Morgan fingerprint density at radius 3 is 2.79 bits per heavy atom. The lowest BCUT2D eigenvalue weighted by atomic mass is 9.60. The van der Waals surface area contributed by atoms with Gasteiger partial charge in [-0.1, -0.05) is 43.3 Å². The molecular weight excluding hydrogens is 238 g/mol. The van der Waals surface area contributed by atoms with Crippen LogP contribution >= 0.6 is 0 Å². The predicted molar refractivity (Wildman–Crippen MR) is 74.7 cm³/mol. The number of hydrogen-bond acceptors (Lipinski definition) is 2. The average Bonchev–Trinajstić information content (AvgIpc) is 2.75. The molecule has 2 aliphatic carbocycles. The lowest BCUT2D eigenvalue weighted by molar-refractivity contribution is -0.145. The van der Waals surface area contributed by atoms with E-state index in [1.165, 1.54) is 11.1 Å². The zero-order valence-electron chi connectivity index (χ0n) is 11.1. The Kier molecular flexibility index (Phi) is 2.58. The van der Waals surface area contributed by atoms with E-state index >= 15 is 0 Å². The molecule has 3 heteroatoms. The van der Waals surface area contributed by atoms with Crippen molar-refractivity contribution in [3.05, 3.63) is 41.5 Å². The van der Waals surface area contributed by atoms with Crippen molar-refractivity contribution in [1.29, 1.82) is 0 Å². The van der Waals surface area contributed by atoms with Crippen LogP contribution in [0.25, 0.3) is 6.08 Å². The molecule has 0 bridgehead atoms. The molecule has 1 aromatic rings. The van der Waals surface area contributed by atoms with Gasteiger partial charge in [0.05, 0.1) is 0 Å². The molecule has 0 amide bonds. The third-order valence-corrected chi connectivity index (χ3v) is 4.98. The second kappa shape index (κ2) is 3.94. The molecule has 3 atom stereocenters. The summed E-state index contributed by atoms with van der Waals surface area (Å²) < 4.78 is 0. The van der Waals surface area contributed by atoms with Crippen LogP contribution in [0.1, 0.15) is 37.3 Å². The van der Waals surface area contributed by atoms with Crippen molar-refractivity contribution in [3.8, 4) is 0 Å². The van der Waals surface area contributed by atoms with E-state index < -0.39 is 11.5 Å². The number of carboxylic acids is 1. The molecule has 0 aromatic heterocycles. The van der Waals surface area contributed by atoms with Crippen molar-refractivity contribution in [1.82, 2.24) is 0 Å². The summed E-state index contributed by atoms with van der Waals surface area (Å²) in [5, 5.41) is 9.30. The van der Waals surface area contributed by atoms with Gasteiger partial charge in [0.25, 0.3) is 0 Å². The van der Waals surface area contributed by atoms with E-state index in [-0.39, 0.29) is 11.3 Å². The molecule has 19 heavy (non-hydrogen) atoms. The van der Waals surface area contributed by atoms with E-state index in [0.29, 0.717) is 12.8 Å². The second-order valence-electron chi connectivity index (χ2n) is 6.03. The highest BCUT2D eigenvalue weighted by Gasteiger charge is 2.50. The molecule has 1 fully saturated rings. The van der Waals surface area contributed by atoms with Gasteiger partial charge >= 0.3 is 5.97 Å². The van der Waals surface area contributed by atoms with Gasteiger partial charge in [0.15, 0.2) is 0 Å². The molecule has 3 nitrogen and oxygen atoms in total. The maximum atomic E-state index is 11.3. The number of aliphatic carboxylic acids is 1. The lowest BCUT2D eigenvalue weighted by Gasteiger charge is -2.45. The molecule has 100 valence electrons. The topological polar surface area (TPSA) is 63.3 Å². The van der Waals surface area contributed by atoms with E-state index in [9.17, 15) is 9.90 Å². The lowest BCUT2D eigenvalue weighted by Crippen LogP contribution is -2.55.